The third kappa shape index (κ3) is 5.91. The normalized spacial score (nSPS) is 21.1. The number of amides is 1. The summed E-state index contributed by atoms with van der Waals surface area (Å²) >= 11 is 0. The van der Waals surface area contributed by atoms with E-state index in [0.717, 1.165) is 19.5 Å². The van der Waals surface area contributed by atoms with Crippen LogP contribution >= 0.6 is 0 Å². The molecule has 1 fully saturated rings. The lowest BCUT2D eigenvalue weighted by Gasteiger charge is -2.24. The maximum Gasteiger partial charge on any atom is 0.234 e. The largest absolute Gasteiger partial charge is 0.350 e. The molecule has 0 saturated carbocycles. The number of nitrogens with zero attached hydrogens (tertiary/aromatic N) is 1. The maximum absolute atomic E-state index is 11.8. The van der Waals surface area contributed by atoms with Gasteiger partial charge in [-0.1, -0.05) is 6.92 Å². The molecule has 1 rings (SSSR count). The first-order valence-electron chi connectivity index (χ1n) is 7.60. The zero-order valence-electron chi connectivity index (χ0n) is 13.3. The highest BCUT2D eigenvalue weighted by atomic mass is 16.2. The zero-order valence-corrected chi connectivity index (χ0v) is 13.3. The Morgan fingerprint density at radius 1 is 1.42 bits per heavy atom. The van der Waals surface area contributed by atoms with Gasteiger partial charge in [0.15, 0.2) is 0 Å². The molecule has 1 aliphatic rings. The van der Waals surface area contributed by atoms with Gasteiger partial charge in [-0.2, -0.15) is 0 Å². The number of hydrogen-bond acceptors (Lipinski definition) is 3. The van der Waals surface area contributed by atoms with Crippen molar-refractivity contribution in [3.63, 3.8) is 0 Å². The van der Waals surface area contributed by atoms with Gasteiger partial charge in [0, 0.05) is 18.1 Å². The van der Waals surface area contributed by atoms with Crippen LogP contribution in [0.1, 0.15) is 47.5 Å². The van der Waals surface area contributed by atoms with E-state index in [1.54, 1.807) is 0 Å². The Balaban J connectivity index is 2.16. The first kappa shape index (κ1) is 16.4. The summed E-state index contributed by atoms with van der Waals surface area (Å²) in [7, 11) is 0. The van der Waals surface area contributed by atoms with E-state index >= 15 is 0 Å². The second-order valence-corrected chi connectivity index (χ2v) is 6.66. The lowest BCUT2D eigenvalue weighted by molar-refractivity contribution is -0.121. The fourth-order valence-corrected chi connectivity index (χ4v) is 2.40. The fraction of sp³-hybridized carbons (Fsp3) is 0.933. The molecule has 0 radical (unpaired) electrons. The van der Waals surface area contributed by atoms with Crippen LogP contribution in [0.25, 0.3) is 0 Å². The van der Waals surface area contributed by atoms with E-state index in [0.29, 0.717) is 18.5 Å². The smallest absolute Gasteiger partial charge is 0.234 e. The number of hydrogen-bond donors (Lipinski definition) is 2. The number of rotatable bonds is 7. The second kappa shape index (κ2) is 7.25. The van der Waals surface area contributed by atoms with E-state index < -0.39 is 0 Å². The minimum Gasteiger partial charge on any atom is -0.350 e. The average Bonchev–Trinajstić information content (AvgIpc) is 2.77. The molecule has 1 aliphatic heterocycles. The summed E-state index contributed by atoms with van der Waals surface area (Å²) in [5.74, 6) is 0.792. The highest BCUT2D eigenvalue weighted by molar-refractivity contribution is 5.78. The minimum absolute atomic E-state index is 0.0967. The molecule has 0 bridgehead atoms. The molecule has 1 saturated heterocycles. The van der Waals surface area contributed by atoms with Gasteiger partial charge in [-0.15, -0.1) is 0 Å². The van der Waals surface area contributed by atoms with Gasteiger partial charge in [-0.25, -0.2) is 0 Å². The van der Waals surface area contributed by atoms with E-state index in [4.69, 9.17) is 0 Å². The topological polar surface area (TPSA) is 44.4 Å². The van der Waals surface area contributed by atoms with Crippen LogP contribution in [0.3, 0.4) is 0 Å². The van der Waals surface area contributed by atoms with Crippen molar-refractivity contribution in [3.05, 3.63) is 0 Å². The highest BCUT2D eigenvalue weighted by Gasteiger charge is 2.24. The van der Waals surface area contributed by atoms with Gasteiger partial charge in [0.1, 0.15) is 0 Å². The van der Waals surface area contributed by atoms with Crippen molar-refractivity contribution in [1.29, 1.82) is 0 Å². The van der Waals surface area contributed by atoms with Crippen molar-refractivity contribution in [1.82, 2.24) is 15.5 Å². The summed E-state index contributed by atoms with van der Waals surface area (Å²) in [6.45, 7) is 14.4. The monoisotopic (exact) mass is 269 g/mol. The van der Waals surface area contributed by atoms with Crippen molar-refractivity contribution in [2.45, 2.75) is 59.0 Å². The Labute approximate surface area is 118 Å². The molecule has 1 amide bonds. The summed E-state index contributed by atoms with van der Waals surface area (Å²) in [6, 6.07) is 0.638. The van der Waals surface area contributed by atoms with Crippen LogP contribution in [-0.2, 0) is 4.79 Å². The van der Waals surface area contributed by atoms with Crippen molar-refractivity contribution in [2.75, 3.05) is 26.2 Å². The Hall–Kier alpha value is -0.610. The Kier molecular flexibility index (Phi) is 6.27. The lowest BCUT2D eigenvalue weighted by Crippen LogP contribution is -2.47. The average molecular weight is 269 g/mol. The molecule has 0 spiro atoms. The second-order valence-electron chi connectivity index (χ2n) is 6.66. The number of likely N-dealkylation sites (tertiary alicyclic amines) is 1. The number of carbonyl (C=O) groups is 1. The van der Waals surface area contributed by atoms with Gasteiger partial charge in [-0.05, 0) is 59.5 Å². The van der Waals surface area contributed by atoms with E-state index in [2.05, 4.69) is 50.2 Å². The Bertz CT molecular complexity index is 289. The molecule has 1 atom stereocenters. The molecule has 112 valence electrons. The first-order valence-corrected chi connectivity index (χ1v) is 7.60. The van der Waals surface area contributed by atoms with Crippen molar-refractivity contribution in [2.24, 2.45) is 5.92 Å². The molecule has 4 nitrogen and oxygen atoms in total. The van der Waals surface area contributed by atoms with Crippen LogP contribution in [-0.4, -0.2) is 48.6 Å². The maximum atomic E-state index is 11.8. The molecule has 19 heavy (non-hydrogen) atoms. The molecule has 0 aromatic heterocycles. The predicted octanol–water partition coefficient (Wildman–Crippen LogP) is 1.61. The summed E-state index contributed by atoms with van der Waals surface area (Å²) in [5, 5.41) is 6.34. The zero-order chi connectivity index (χ0) is 14.5. The van der Waals surface area contributed by atoms with Crippen LogP contribution in [0, 0.1) is 5.92 Å². The minimum atomic E-state index is -0.0967. The van der Waals surface area contributed by atoms with Gasteiger partial charge in [0.25, 0.3) is 0 Å². The summed E-state index contributed by atoms with van der Waals surface area (Å²) in [4.78, 5) is 14.3. The first-order chi connectivity index (χ1) is 8.84. The number of carbonyl (C=O) groups excluding carboxylic acids is 1. The highest BCUT2D eigenvalue weighted by Crippen LogP contribution is 2.17. The molecule has 1 heterocycles. The quantitative estimate of drug-likeness (QED) is 0.738. The third-order valence-electron chi connectivity index (χ3n) is 4.13. The summed E-state index contributed by atoms with van der Waals surface area (Å²) in [5.41, 5.74) is -0.0967. The molecule has 0 aliphatic carbocycles. The third-order valence-corrected chi connectivity index (χ3v) is 4.13. The predicted molar refractivity (Wildman–Crippen MR) is 80.2 cm³/mol. The van der Waals surface area contributed by atoms with Gasteiger partial charge < -0.3 is 15.5 Å². The molecule has 0 aromatic carbocycles. The van der Waals surface area contributed by atoms with Crippen LogP contribution in [0.2, 0.25) is 0 Å². The van der Waals surface area contributed by atoms with Crippen molar-refractivity contribution < 1.29 is 4.79 Å². The SMILES string of the molecule is CCC(C)(C)NC(=O)CNCC1CCN(C(C)C)C1. The van der Waals surface area contributed by atoms with Gasteiger partial charge in [0.05, 0.1) is 6.54 Å². The van der Waals surface area contributed by atoms with E-state index in [1.165, 1.54) is 13.0 Å². The van der Waals surface area contributed by atoms with Crippen molar-refractivity contribution in [3.8, 4) is 0 Å². The van der Waals surface area contributed by atoms with E-state index in [9.17, 15) is 4.79 Å². The Morgan fingerprint density at radius 2 is 2.11 bits per heavy atom. The molecular formula is C15H31N3O. The van der Waals surface area contributed by atoms with Gasteiger partial charge >= 0.3 is 0 Å². The summed E-state index contributed by atoms with van der Waals surface area (Å²) in [6.07, 6.45) is 2.19. The van der Waals surface area contributed by atoms with E-state index in [-0.39, 0.29) is 11.4 Å². The standard InChI is InChI=1S/C15H31N3O/c1-6-15(4,5)17-14(19)10-16-9-13-7-8-18(11-13)12(2)3/h12-13,16H,6-11H2,1-5H3,(H,17,19). The van der Waals surface area contributed by atoms with Gasteiger partial charge in [-0.3, -0.25) is 4.79 Å². The summed E-state index contributed by atoms with van der Waals surface area (Å²) < 4.78 is 0. The molecule has 1 unspecified atom stereocenters. The fourth-order valence-electron chi connectivity index (χ4n) is 2.40. The molecule has 2 N–H and O–H groups in total. The number of nitrogens with one attached hydrogen (secondary N) is 2. The van der Waals surface area contributed by atoms with Crippen LogP contribution in [0.5, 0.6) is 0 Å². The van der Waals surface area contributed by atoms with Crippen LogP contribution in [0.15, 0.2) is 0 Å². The van der Waals surface area contributed by atoms with Crippen molar-refractivity contribution >= 4 is 5.91 Å². The molecule has 4 heteroatoms. The van der Waals surface area contributed by atoms with Crippen LogP contribution in [0.4, 0.5) is 0 Å². The molecule has 0 aromatic rings. The van der Waals surface area contributed by atoms with Crippen LogP contribution < -0.4 is 10.6 Å². The Morgan fingerprint density at radius 3 is 2.63 bits per heavy atom. The molecular weight excluding hydrogens is 238 g/mol. The van der Waals surface area contributed by atoms with Gasteiger partial charge in [0.2, 0.25) is 5.91 Å². The van der Waals surface area contributed by atoms with E-state index in [1.807, 2.05) is 0 Å². The lowest BCUT2D eigenvalue weighted by atomic mass is 10.0.